The number of hydrogen-bond donors (Lipinski definition) is 1. The second kappa shape index (κ2) is 5.67. The van der Waals surface area contributed by atoms with Gasteiger partial charge in [0.25, 0.3) is 0 Å². The minimum atomic E-state index is -0.267. The summed E-state index contributed by atoms with van der Waals surface area (Å²) in [5, 5.41) is 12.0. The molecule has 0 radical (unpaired) electrons. The van der Waals surface area contributed by atoms with E-state index >= 15 is 0 Å². The molecule has 0 spiro atoms. The van der Waals surface area contributed by atoms with Gasteiger partial charge in [0.1, 0.15) is 5.82 Å². The summed E-state index contributed by atoms with van der Waals surface area (Å²) in [4.78, 5) is 0. The van der Waals surface area contributed by atoms with E-state index in [2.05, 4.69) is 27.3 Å². The maximum atomic E-state index is 13.4. The first kappa shape index (κ1) is 13.3. The number of nitriles is 1. The van der Waals surface area contributed by atoms with Crippen LogP contribution in [0.25, 0.3) is 0 Å². The van der Waals surface area contributed by atoms with Gasteiger partial charge in [-0.25, -0.2) is 4.39 Å². The van der Waals surface area contributed by atoms with Crippen molar-refractivity contribution >= 4 is 49.9 Å². The Morgan fingerprint density at radius 3 is 2.78 bits per heavy atom. The molecule has 2 nitrogen and oxygen atoms in total. The third-order valence-electron chi connectivity index (χ3n) is 2.26. The summed E-state index contributed by atoms with van der Waals surface area (Å²) < 4.78 is 14.7. The molecule has 0 heterocycles. The van der Waals surface area contributed by atoms with Crippen LogP contribution in [0.1, 0.15) is 5.56 Å². The van der Waals surface area contributed by atoms with Gasteiger partial charge in [-0.05, 0) is 52.9 Å². The lowest BCUT2D eigenvalue weighted by atomic mass is 10.2. The van der Waals surface area contributed by atoms with Crippen molar-refractivity contribution in [2.45, 2.75) is 0 Å². The molecule has 0 amide bonds. The molecule has 2 aromatic carbocycles. The van der Waals surface area contributed by atoms with Gasteiger partial charge in [-0.2, -0.15) is 5.26 Å². The van der Waals surface area contributed by atoms with Gasteiger partial charge in [-0.15, -0.1) is 0 Å². The van der Waals surface area contributed by atoms with Crippen LogP contribution in [0.4, 0.5) is 15.8 Å². The van der Waals surface area contributed by atoms with Gasteiger partial charge in [0.2, 0.25) is 0 Å². The second-order valence-corrected chi connectivity index (χ2v) is 5.56. The van der Waals surface area contributed by atoms with Gasteiger partial charge >= 0.3 is 0 Å². The molecule has 2 aromatic rings. The van der Waals surface area contributed by atoms with Gasteiger partial charge < -0.3 is 5.32 Å². The van der Waals surface area contributed by atoms with Crippen molar-refractivity contribution in [2.24, 2.45) is 0 Å². The van der Waals surface area contributed by atoms with Crippen LogP contribution in [0, 0.1) is 20.7 Å². The largest absolute Gasteiger partial charge is 0.355 e. The topological polar surface area (TPSA) is 35.8 Å². The van der Waals surface area contributed by atoms with Crippen LogP contribution < -0.4 is 5.32 Å². The SMILES string of the molecule is N#Cc1cc(Br)cc(Nc2cccc(F)c2I)c1. The molecule has 0 aliphatic heterocycles. The fraction of sp³-hybridized carbons (Fsp3) is 0. The molecule has 0 atom stereocenters. The van der Waals surface area contributed by atoms with Crippen molar-refractivity contribution < 1.29 is 4.39 Å². The van der Waals surface area contributed by atoms with E-state index in [1.54, 1.807) is 24.3 Å². The number of nitrogens with zero attached hydrogens (tertiary/aromatic N) is 1. The quantitative estimate of drug-likeness (QED) is 0.713. The van der Waals surface area contributed by atoms with E-state index < -0.39 is 0 Å². The van der Waals surface area contributed by atoms with Gasteiger partial charge in [0, 0.05) is 10.2 Å². The van der Waals surface area contributed by atoms with Crippen LogP contribution in [0.3, 0.4) is 0 Å². The summed E-state index contributed by atoms with van der Waals surface area (Å²) in [5.41, 5.74) is 1.96. The van der Waals surface area contributed by atoms with E-state index in [0.717, 1.165) is 10.2 Å². The minimum absolute atomic E-state index is 0.267. The summed E-state index contributed by atoms with van der Waals surface area (Å²) in [7, 11) is 0. The average Bonchev–Trinajstić information content (AvgIpc) is 2.34. The molecule has 90 valence electrons. The monoisotopic (exact) mass is 416 g/mol. The maximum Gasteiger partial charge on any atom is 0.138 e. The smallest absolute Gasteiger partial charge is 0.138 e. The van der Waals surface area contributed by atoms with Crippen molar-refractivity contribution in [3.63, 3.8) is 0 Å². The number of anilines is 2. The third kappa shape index (κ3) is 3.00. The van der Waals surface area contributed by atoms with Crippen LogP contribution in [0.2, 0.25) is 0 Å². The Hall–Kier alpha value is -1.13. The first-order chi connectivity index (χ1) is 8.60. The Kier molecular flexibility index (Phi) is 4.19. The third-order valence-corrected chi connectivity index (χ3v) is 3.81. The highest BCUT2D eigenvalue weighted by Crippen LogP contribution is 2.27. The molecule has 18 heavy (non-hydrogen) atoms. The fourth-order valence-electron chi connectivity index (χ4n) is 1.48. The first-order valence-corrected chi connectivity index (χ1v) is 6.89. The Bertz CT molecular complexity index is 637. The molecule has 1 N–H and O–H groups in total. The van der Waals surface area contributed by atoms with E-state index in [1.807, 2.05) is 28.7 Å². The number of halogens is 3. The molecular formula is C13H7BrFIN2. The molecule has 0 aliphatic carbocycles. The number of rotatable bonds is 2. The molecular weight excluding hydrogens is 410 g/mol. The van der Waals surface area contributed by atoms with Gasteiger partial charge in [0.15, 0.2) is 0 Å². The molecule has 0 bridgehead atoms. The Balaban J connectivity index is 2.37. The van der Waals surface area contributed by atoms with Crippen molar-refractivity contribution in [2.75, 3.05) is 5.32 Å². The van der Waals surface area contributed by atoms with Crippen molar-refractivity contribution in [1.82, 2.24) is 0 Å². The van der Waals surface area contributed by atoms with Gasteiger partial charge in [0.05, 0.1) is 20.9 Å². The highest BCUT2D eigenvalue weighted by atomic mass is 127. The van der Waals surface area contributed by atoms with Crippen molar-refractivity contribution in [3.05, 3.63) is 55.8 Å². The lowest BCUT2D eigenvalue weighted by molar-refractivity contribution is 0.621. The second-order valence-electron chi connectivity index (χ2n) is 3.57. The Morgan fingerprint density at radius 1 is 1.28 bits per heavy atom. The van der Waals surface area contributed by atoms with Crippen molar-refractivity contribution in [1.29, 1.82) is 5.26 Å². The van der Waals surface area contributed by atoms with Crippen LogP contribution in [-0.4, -0.2) is 0 Å². The molecule has 0 saturated heterocycles. The van der Waals surface area contributed by atoms with Crippen LogP contribution >= 0.6 is 38.5 Å². The maximum absolute atomic E-state index is 13.4. The molecule has 0 saturated carbocycles. The first-order valence-electron chi connectivity index (χ1n) is 5.02. The van der Waals surface area contributed by atoms with Crippen LogP contribution in [0.15, 0.2) is 40.9 Å². The van der Waals surface area contributed by atoms with E-state index in [1.165, 1.54) is 6.07 Å². The Labute approximate surface area is 126 Å². The van der Waals surface area contributed by atoms with E-state index in [0.29, 0.717) is 14.8 Å². The van der Waals surface area contributed by atoms with Gasteiger partial charge in [-0.3, -0.25) is 0 Å². The lowest BCUT2D eigenvalue weighted by Crippen LogP contribution is -1.95. The summed E-state index contributed by atoms with van der Waals surface area (Å²) in [5.74, 6) is -0.267. The fourth-order valence-corrected chi connectivity index (χ4v) is 2.47. The summed E-state index contributed by atoms with van der Waals surface area (Å²) in [6.45, 7) is 0. The number of hydrogen-bond acceptors (Lipinski definition) is 2. The molecule has 2 rings (SSSR count). The summed E-state index contributed by atoms with van der Waals surface area (Å²) >= 11 is 5.28. The zero-order valence-corrected chi connectivity index (χ0v) is 12.8. The predicted molar refractivity (Wildman–Crippen MR) is 81.3 cm³/mol. The summed E-state index contributed by atoms with van der Waals surface area (Å²) in [6, 6.07) is 12.2. The standard InChI is InChI=1S/C13H7BrFIN2/c14-9-4-8(7-17)5-10(6-9)18-12-3-1-2-11(15)13(12)16/h1-6,18H. The molecule has 0 fully saturated rings. The highest BCUT2D eigenvalue weighted by Gasteiger charge is 2.06. The van der Waals surface area contributed by atoms with Gasteiger partial charge in [-0.1, -0.05) is 22.0 Å². The van der Waals surface area contributed by atoms with Crippen LogP contribution in [-0.2, 0) is 0 Å². The molecule has 0 aliphatic rings. The normalized spacial score (nSPS) is 9.89. The molecule has 0 aromatic heterocycles. The number of nitrogens with one attached hydrogen (secondary N) is 1. The van der Waals surface area contributed by atoms with Crippen molar-refractivity contribution in [3.8, 4) is 6.07 Å². The van der Waals surface area contributed by atoms with E-state index in [4.69, 9.17) is 5.26 Å². The zero-order chi connectivity index (χ0) is 13.1. The number of benzene rings is 2. The van der Waals surface area contributed by atoms with Crippen LogP contribution in [0.5, 0.6) is 0 Å². The Morgan fingerprint density at radius 2 is 2.06 bits per heavy atom. The lowest BCUT2D eigenvalue weighted by Gasteiger charge is -2.09. The summed E-state index contributed by atoms with van der Waals surface area (Å²) in [6.07, 6.45) is 0. The minimum Gasteiger partial charge on any atom is -0.355 e. The highest BCUT2D eigenvalue weighted by molar-refractivity contribution is 14.1. The van der Waals surface area contributed by atoms with E-state index in [9.17, 15) is 4.39 Å². The predicted octanol–water partition coefficient (Wildman–Crippen LogP) is 4.81. The molecule has 5 heteroatoms. The molecule has 0 unspecified atom stereocenters. The average molecular weight is 417 g/mol. The van der Waals surface area contributed by atoms with E-state index in [-0.39, 0.29) is 5.82 Å². The zero-order valence-electron chi connectivity index (χ0n) is 9.05.